The first-order chi connectivity index (χ1) is 7.85. The molecule has 1 aromatic carbocycles. The van der Waals surface area contributed by atoms with E-state index in [0.717, 1.165) is 31.9 Å². The minimum Gasteiger partial charge on any atom is -0.382 e. The van der Waals surface area contributed by atoms with Crippen LogP contribution in [0.15, 0.2) is 18.2 Å². The zero-order valence-corrected chi connectivity index (χ0v) is 9.45. The number of anilines is 2. The molecule has 0 atom stereocenters. The van der Waals surface area contributed by atoms with Crippen molar-refractivity contribution in [3.8, 4) is 6.07 Å². The highest BCUT2D eigenvalue weighted by Gasteiger charge is 2.15. The van der Waals surface area contributed by atoms with Gasteiger partial charge < -0.3 is 15.5 Å². The summed E-state index contributed by atoms with van der Waals surface area (Å²) in [5.41, 5.74) is 2.98. The van der Waals surface area contributed by atoms with Gasteiger partial charge in [0.15, 0.2) is 0 Å². The molecule has 4 nitrogen and oxygen atoms in total. The molecule has 0 unspecified atom stereocenters. The molecule has 0 aromatic heterocycles. The van der Waals surface area contributed by atoms with Crippen molar-refractivity contribution < 1.29 is 0 Å². The van der Waals surface area contributed by atoms with E-state index in [9.17, 15) is 0 Å². The van der Waals surface area contributed by atoms with Crippen molar-refractivity contribution in [1.82, 2.24) is 5.32 Å². The summed E-state index contributed by atoms with van der Waals surface area (Å²) in [7, 11) is 1.96. The van der Waals surface area contributed by atoms with E-state index in [1.165, 1.54) is 5.69 Å². The number of benzene rings is 1. The lowest BCUT2D eigenvalue weighted by molar-refractivity contribution is 0.719. The van der Waals surface area contributed by atoms with Gasteiger partial charge in [0.25, 0.3) is 0 Å². The second-order valence-electron chi connectivity index (χ2n) is 3.86. The summed E-state index contributed by atoms with van der Waals surface area (Å²) in [5.74, 6) is 0. The smallest absolute Gasteiger partial charge is 0.0992 e. The highest BCUT2D eigenvalue weighted by atomic mass is 15.2. The van der Waals surface area contributed by atoms with Crippen LogP contribution >= 0.6 is 0 Å². The maximum Gasteiger partial charge on any atom is 0.0992 e. The van der Waals surface area contributed by atoms with Crippen LogP contribution in [0.5, 0.6) is 0 Å². The van der Waals surface area contributed by atoms with Crippen molar-refractivity contribution in [2.45, 2.75) is 0 Å². The number of nitrogens with one attached hydrogen (secondary N) is 2. The number of rotatable bonds is 3. The highest BCUT2D eigenvalue weighted by Crippen LogP contribution is 2.29. The molecule has 1 heterocycles. The molecule has 0 spiro atoms. The minimum absolute atomic E-state index is 0.710. The third-order valence-electron chi connectivity index (χ3n) is 2.80. The molecule has 1 aliphatic rings. The summed E-state index contributed by atoms with van der Waals surface area (Å²) >= 11 is 0. The lowest BCUT2D eigenvalue weighted by Crippen LogP contribution is -2.38. The first kappa shape index (κ1) is 10.8. The zero-order chi connectivity index (χ0) is 11.4. The molecule has 0 bridgehead atoms. The maximum absolute atomic E-state index is 8.85. The third kappa shape index (κ3) is 2.10. The van der Waals surface area contributed by atoms with Gasteiger partial charge in [-0.25, -0.2) is 0 Å². The molecule has 0 saturated heterocycles. The highest BCUT2D eigenvalue weighted by molar-refractivity contribution is 5.73. The molecule has 16 heavy (non-hydrogen) atoms. The minimum atomic E-state index is 0.710. The van der Waals surface area contributed by atoms with Crippen LogP contribution in [-0.2, 0) is 0 Å². The van der Waals surface area contributed by atoms with E-state index >= 15 is 0 Å². The second-order valence-corrected chi connectivity index (χ2v) is 3.86. The molecule has 0 fully saturated rings. The SMILES string of the molecule is CNCCN1CCNc2cc(C#N)ccc21. The molecule has 2 N–H and O–H groups in total. The molecular formula is C12H16N4. The van der Waals surface area contributed by atoms with Gasteiger partial charge in [0, 0.05) is 26.2 Å². The second kappa shape index (κ2) is 4.86. The normalized spacial score (nSPS) is 13.9. The van der Waals surface area contributed by atoms with Crippen LogP contribution in [0.1, 0.15) is 5.56 Å². The van der Waals surface area contributed by atoms with Crippen molar-refractivity contribution in [2.24, 2.45) is 0 Å². The van der Waals surface area contributed by atoms with E-state index < -0.39 is 0 Å². The van der Waals surface area contributed by atoms with E-state index in [4.69, 9.17) is 5.26 Å². The van der Waals surface area contributed by atoms with Crippen LogP contribution in [0.3, 0.4) is 0 Å². The molecular weight excluding hydrogens is 200 g/mol. The maximum atomic E-state index is 8.85. The van der Waals surface area contributed by atoms with Gasteiger partial charge in [0.05, 0.1) is 23.0 Å². The summed E-state index contributed by atoms with van der Waals surface area (Å²) in [4.78, 5) is 2.34. The van der Waals surface area contributed by atoms with Gasteiger partial charge in [-0.3, -0.25) is 0 Å². The van der Waals surface area contributed by atoms with Crippen LogP contribution in [0.2, 0.25) is 0 Å². The van der Waals surface area contributed by atoms with Gasteiger partial charge in [0.2, 0.25) is 0 Å². The lowest BCUT2D eigenvalue weighted by atomic mass is 10.1. The lowest BCUT2D eigenvalue weighted by Gasteiger charge is -2.32. The van der Waals surface area contributed by atoms with E-state index in [2.05, 4.69) is 21.6 Å². The van der Waals surface area contributed by atoms with E-state index in [1.807, 2.05) is 25.2 Å². The fourth-order valence-corrected chi connectivity index (χ4v) is 1.95. The Balaban J connectivity index is 2.22. The Morgan fingerprint density at radius 3 is 3.19 bits per heavy atom. The zero-order valence-electron chi connectivity index (χ0n) is 9.45. The van der Waals surface area contributed by atoms with E-state index in [-0.39, 0.29) is 0 Å². The van der Waals surface area contributed by atoms with Gasteiger partial charge in [0.1, 0.15) is 0 Å². The van der Waals surface area contributed by atoms with Gasteiger partial charge in [-0.1, -0.05) is 0 Å². The van der Waals surface area contributed by atoms with Crippen molar-refractivity contribution in [1.29, 1.82) is 5.26 Å². The predicted octanol–water partition coefficient (Wildman–Crippen LogP) is 1.01. The fourth-order valence-electron chi connectivity index (χ4n) is 1.95. The summed E-state index contributed by atoms with van der Waals surface area (Å²) in [6.45, 7) is 3.92. The fraction of sp³-hybridized carbons (Fsp3) is 0.417. The van der Waals surface area contributed by atoms with Crippen LogP contribution in [0, 0.1) is 11.3 Å². The quantitative estimate of drug-likeness (QED) is 0.791. The number of hydrogen-bond acceptors (Lipinski definition) is 4. The van der Waals surface area contributed by atoms with Gasteiger partial charge in [-0.05, 0) is 25.2 Å². The Bertz CT molecular complexity index is 408. The van der Waals surface area contributed by atoms with Crippen molar-refractivity contribution >= 4 is 11.4 Å². The molecule has 1 aromatic rings. The molecule has 84 valence electrons. The van der Waals surface area contributed by atoms with Crippen molar-refractivity contribution in [2.75, 3.05) is 43.4 Å². The summed E-state index contributed by atoms with van der Waals surface area (Å²) < 4.78 is 0. The summed E-state index contributed by atoms with van der Waals surface area (Å²) in [6, 6.07) is 7.98. The predicted molar refractivity (Wildman–Crippen MR) is 65.8 cm³/mol. The number of nitrogens with zero attached hydrogens (tertiary/aromatic N) is 2. The van der Waals surface area contributed by atoms with Crippen LogP contribution in [0.25, 0.3) is 0 Å². The molecule has 0 radical (unpaired) electrons. The average molecular weight is 216 g/mol. The number of fused-ring (bicyclic) bond motifs is 1. The Kier molecular flexibility index (Phi) is 3.28. The molecule has 0 amide bonds. The van der Waals surface area contributed by atoms with E-state index in [1.54, 1.807) is 0 Å². The van der Waals surface area contributed by atoms with Crippen LogP contribution in [-0.4, -0.2) is 33.2 Å². The molecule has 1 aliphatic heterocycles. The topological polar surface area (TPSA) is 51.1 Å². The largest absolute Gasteiger partial charge is 0.382 e. The summed E-state index contributed by atoms with van der Waals surface area (Å²) in [5, 5.41) is 15.3. The molecule has 4 heteroatoms. The van der Waals surface area contributed by atoms with Crippen molar-refractivity contribution in [3.63, 3.8) is 0 Å². The van der Waals surface area contributed by atoms with Crippen molar-refractivity contribution in [3.05, 3.63) is 23.8 Å². The van der Waals surface area contributed by atoms with Gasteiger partial charge in [-0.2, -0.15) is 5.26 Å². The Hall–Kier alpha value is -1.73. The number of likely N-dealkylation sites (N-methyl/N-ethyl adjacent to an activating group) is 1. The number of nitriles is 1. The van der Waals surface area contributed by atoms with Gasteiger partial charge in [-0.15, -0.1) is 0 Å². The molecule has 0 saturated carbocycles. The summed E-state index contributed by atoms with van der Waals surface area (Å²) in [6.07, 6.45) is 0. The Morgan fingerprint density at radius 1 is 1.56 bits per heavy atom. The first-order valence-corrected chi connectivity index (χ1v) is 5.52. The van der Waals surface area contributed by atoms with Crippen LogP contribution < -0.4 is 15.5 Å². The Labute approximate surface area is 95.9 Å². The number of hydrogen-bond donors (Lipinski definition) is 2. The standard InChI is InChI=1S/C12H16N4/c1-14-4-6-16-7-5-15-11-8-10(9-13)2-3-12(11)16/h2-3,8,14-15H,4-7H2,1H3. The molecule has 2 rings (SSSR count). The first-order valence-electron chi connectivity index (χ1n) is 5.52. The Morgan fingerprint density at radius 2 is 2.44 bits per heavy atom. The average Bonchev–Trinajstić information content (AvgIpc) is 2.35. The van der Waals surface area contributed by atoms with Crippen LogP contribution in [0.4, 0.5) is 11.4 Å². The molecule has 0 aliphatic carbocycles. The van der Waals surface area contributed by atoms with E-state index in [0.29, 0.717) is 5.56 Å². The third-order valence-corrected chi connectivity index (χ3v) is 2.80. The monoisotopic (exact) mass is 216 g/mol. The van der Waals surface area contributed by atoms with Gasteiger partial charge >= 0.3 is 0 Å².